The van der Waals surface area contributed by atoms with Crippen molar-refractivity contribution in [3.63, 3.8) is 0 Å². The van der Waals surface area contributed by atoms with Crippen LogP contribution in [0.15, 0.2) is 66.7 Å². The van der Waals surface area contributed by atoms with Gasteiger partial charge in [-0.05, 0) is 41.8 Å². The van der Waals surface area contributed by atoms with Gasteiger partial charge < -0.3 is 19.7 Å². The maximum Gasteiger partial charge on any atom is 0.340 e. The second-order valence-corrected chi connectivity index (χ2v) is 7.77. The van der Waals surface area contributed by atoms with E-state index in [1.165, 1.54) is 6.07 Å². The van der Waals surface area contributed by atoms with Gasteiger partial charge in [-0.2, -0.15) is 0 Å². The van der Waals surface area contributed by atoms with Crippen LogP contribution in [0.5, 0.6) is 23.0 Å². The second kappa shape index (κ2) is 7.18. The van der Waals surface area contributed by atoms with Crippen molar-refractivity contribution in [2.75, 3.05) is 0 Å². The Labute approximate surface area is 189 Å². The molecule has 0 aliphatic carbocycles. The first-order valence-electron chi connectivity index (χ1n) is 10.3. The summed E-state index contributed by atoms with van der Waals surface area (Å²) >= 11 is 6.24. The molecule has 0 radical (unpaired) electrons. The Hall–Kier alpha value is -3.70. The number of benzene rings is 4. The maximum absolute atomic E-state index is 12.8. The van der Waals surface area contributed by atoms with E-state index in [0.717, 1.165) is 10.8 Å². The molecule has 2 N–H and O–H groups in total. The van der Waals surface area contributed by atoms with Crippen LogP contribution in [0.25, 0.3) is 10.8 Å². The van der Waals surface area contributed by atoms with Crippen molar-refractivity contribution in [1.29, 1.82) is 0 Å². The third-order valence-corrected chi connectivity index (χ3v) is 6.05. The molecule has 0 fully saturated rings. The lowest BCUT2D eigenvalue weighted by Gasteiger charge is -2.37. The molecule has 160 valence electrons. The van der Waals surface area contributed by atoms with Crippen LogP contribution in [0.2, 0.25) is 5.02 Å². The number of carbonyl (C=O) groups excluding carboxylic acids is 1. The van der Waals surface area contributed by atoms with Crippen molar-refractivity contribution < 1.29 is 24.5 Å². The van der Waals surface area contributed by atoms with E-state index in [-0.39, 0.29) is 16.5 Å². The SMILES string of the molecule is CC.O=C1OC2(c3cc(Cl)c(O)cc3Oc3c2ccc2cc(O)ccc32)c2ccccc21. The molecule has 2 heterocycles. The molecule has 0 amide bonds. The zero-order chi connectivity index (χ0) is 22.6. The minimum absolute atomic E-state index is 0.131. The summed E-state index contributed by atoms with van der Waals surface area (Å²) < 4.78 is 12.3. The maximum atomic E-state index is 12.8. The number of hydrogen-bond acceptors (Lipinski definition) is 5. The Balaban J connectivity index is 0.00000105. The molecule has 6 rings (SSSR count). The number of hydrogen-bond donors (Lipinski definition) is 2. The summed E-state index contributed by atoms with van der Waals surface area (Å²) in [4.78, 5) is 12.8. The first kappa shape index (κ1) is 20.2. The molecule has 0 saturated carbocycles. The molecule has 2 aliphatic heterocycles. The molecule has 0 saturated heterocycles. The largest absolute Gasteiger partial charge is 0.508 e. The number of rotatable bonds is 0. The van der Waals surface area contributed by atoms with Crippen molar-refractivity contribution in [3.05, 3.63) is 94.0 Å². The van der Waals surface area contributed by atoms with Crippen molar-refractivity contribution in [2.45, 2.75) is 19.4 Å². The lowest BCUT2D eigenvalue weighted by molar-refractivity contribution is 0.0225. The third kappa shape index (κ3) is 2.61. The molecule has 1 unspecified atom stereocenters. The molecular weight excluding hydrogens is 428 g/mol. The van der Waals surface area contributed by atoms with Gasteiger partial charge in [0.1, 0.15) is 23.0 Å². The molecular formula is C26H19ClO5. The smallest absolute Gasteiger partial charge is 0.340 e. The highest BCUT2D eigenvalue weighted by molar-refractivity contribution is 6.32. The third-order valence-electron chi connectivity index (χ3n) is 5.75. The number of ether oxygens (including phenoxy) is 2. The van der Waals surface area contributed by atoms with Crippen LogP contribution < -0.4 is 4.74 Å². The number of halogens is 1. The van der Waals surface area contributed by atoms with E-state index in [1.54, 1.807) is 36.4 Å². The lowest BCUT2D eigenvalue weighted by Crippen LogP contribution is -2.33. The zero-order valence-electron chi connectivity index (χ0n) is 17.3. The quantitative estimate of drug-likeness (QED) is 0.301. The van der Waals surface area contributed by atoms with Crippen molar-refractivity contribution in [2.24, 2.45) is 0 Å². The summed E-state index contributed by atoms with van der Waals surface area (Å²) in [6, 6.07) is 18.8. The Morgan fingerprint density at radius 3 is 2.47 bits per heavy atom. The van der Waals surface area contributed by atoms with Crippen LogP contribution in [-0.4, -0.2) is 16.2 Å². The molecule has 6 heteroatoms. The van der Waals surface area contributed by atoms with Crippen LogP contribution in [0.1, 0.15) is 40.9 Å². The Kier molecular flexibility index (Phi) is 4.53. The summed E-state index contributed by atoms with van der Waals surface area (Å²) in [7, 11) is 0. The molecule has 1 spiro atoms. The highest BCUT2D eigenvalue weighted by Crippen LogP contribution is 2.58. The van der Waals surface area contributed by atoms with Crippen molar-refractivity contribution in [1.82, 2.24) is 0 Å². The fourth-order valence-corrected chi connectivity index (χ4v) is 4.61. The van der Waals surface area contributed by atoms with E-state index < -0.39 is 11.6 Å². The van der Waals surface area contributed by atoms with Gasteiger partial charge in [0.05, 0.1) is 10.6 Å². The van der Waals surface area contributed by atoms with Gasteiger partial charge in [0.2, 0.25) is 0 Å². The summed E-state index contributed by atoms with van der Waals surface area (Å²) in [6.45, 7) is 4.00. The van der Waals surface area contributed by atoms with Crippen LogP contribution in [0, 0.1) is 0 Å². The molecule has 4 aromatic rings. The number of phenols is 2. The van der Waals surface area contributed by atoms with Gasteiger partial charge in [-0.25, -0.2) is 4.79 Å². The predicted octanol–water partition coefficient (Wildman–Crippen LogP) is 6.50. The average molecular weight is 447 g/mol. The van der Waals surface area contributed by atoms with E-state index >= 15 is 0 Å². The van der Waals surface area contributed by atoms with Gasteiger partial charge in [-0.1, -0.05) is 49.7 Å². The van der Waals surface area contributed by atoms with Crippen molar-refractivity contribution in [3.8, 4) is 23.0 Å². The molecule has 0 aromatic heterocycles. The Morgan fingerprint density at radius 2 is 1.66 bits per heavy atom. The number of esters is 1. The number of aromatic hydroxyl groups is 2. The van der Waals surface area contributed by atoms with Gasteiger partial charge >= 0.3 is 5.97 Å². The predicted molar refractivity (Wildman–Crippen MR) is 122 cm³/mol. The van der Waals surface area contributed by atoms with E-state index in [4.69, 9.17) is 21.1 Å². The Morgan fingerprint density at radius 1 is 0.875 bits per heavy atom. The summed E-state index contributed by atoms with van der Waals surface area (Å²) in [5.74, 6) is 0.389. The van der Waals surface area contributed by atoms with Gasteiger partial charge in [-0.3, -0.25) is 0 Å². The summed E-state index contributed by atoms with van der Waals surface area (Å²) in [5, 5.41) is 21.7. The van der Waals surface area contributed by atoms with E-state index in [2.05, 4.69) is 0 Å². The monoisotopic (exact) mass is 446 g/mol. The van der Waals surface area contributed by atoms with Crippen LogP contribution in [0.3, 0.4) is 0 Å². The van der Waals surface area contributed by atoms with Crippen LogP contribution in [0.4, 0.5) is 0 Å². The fraction of sp³-hybridized carbons (Fsp3) is 0.115. The van der Waals surface area contributed by atoms with Gasteiger partial charge in [-0.15, -0.1) is 0 Å². The van der Waals surface area contributed by atoms with Crippen LogP contribution in [-0.2, 0) is 10.3 Å². The fourth-order valence-electron chi connectivity index (χ4n) is 4.45. The van der Waals surface area contributed by atoms with Gasteiger partial charge in [0, 0.05) is 28.1 Å². The molecule has 5 nitrogen and oxygen atoms in total. The average Bonchev–Trinajstić information content (AvgIpc) is 3.10. The summed E-state index contributed by atoms with van der Waals surface area (Å²) in [6.07, 6.45) is 0. The zero-order valence-corrected chi connectivity index (χ0v) is 18.1. The highest BCUT2D eigenvalue weighted by Gasteiger charge is 2.54. The lowest BCUT2D eigenvalue weighted by atomic mass is 9.77. The molecule has 2 aliphatic rings. The number of carbonyl (C=O) groups is 1. The second-order valence-electron chi connectivity index (χ2n) is 7.37. The van der Waals surface area contributed by atoms with Crippen LogP contribution >= 0.6 is 11.6 Å². The minimum atomic E-state index is -1.26. The minimum Gasteiger partial charge on any atom is -0.508 e. The van der Waals surface area contributed by atoms with Crippen molar-refractivity contribution >= 4 is 28.3 Å². The normalized spacial score (nSPS) is 17.5. The van der Waals surface area contributed by atoms with E-state index in [1.807, 2.05) is 38.1 Å². The van der Waals surface area contributed by atoms with E-state index in [9.17, 15) is 15.0 Å². The molecule has 32 heavy (non-hydrogen) atoms. The Bertz CT molecular complexity index is 1410. The van der Waals surface area contributed by atoms with E-state index in [0.29, 0.717) is 33.8 Å². The summed E-state index contributed by atoms with van der Waals surface area (Å²) in [5.41, 5.74) is 1.06. The van der Waals surface area contributed by atoms with Gasteiger partial charge in [0.15, 0.2) is 5.60 Å². The highest BCUT2D eigenvalue weighted by atomic mass is 35.5. The topological polar surface area (TPSA) is 76.0 Å². The standard InChI is InChI=1S/C24H13ClO5.C2H6/c25-19-10-18-21(11-20(19)27)29-22-14-7-6-13(26)9-12(14)5-8-17(22)24(18)16-4-2-1-3-15(16)23(28)30-24;1-2/h1-11,26-27H;1-2H3. The number of phenolic OH excluding ortho intramolecular Hbond substituents is 2. The molecule has 1 atom stereocenters. The molecule has 4 aromatic carbocycles. The molecule has 0 bridgehead atoms. The first-order chi connectivity index (χ1) is 15.5. The van der Waals surface area contributed by atoms with Gasteiger partial charge in [0.25, 0.3) is 0 Å². The number of fused-ring (bicyclic) bond motifs is 8. The first-order valence-corrected chi connectivity index (χ1v) is 10.7.